The molecule has 0 saturated carbocycles. The van der Waals surface area contributed by atoms with Crippen LogP contribution in [0, 0.1) is 5.92 Å². The van der Waals surface area contributed by atoms with Crippen molar-refractivity contribution in [2.75, 3.05) is 0 Å². The lowest BCUT2D eigenvalue weighted by molar-refractivity contribution is 0.367. The number of aryl methyl sites for hydroxylation is 5. The molecule has 0 bridgehead atoms. The largest absolute Gasteiger partial charge is 0.508 e. The smallest absolute Gasteiger partial charge is 0.200 e. The van der Waals surface area contributed by atoms with Crippen LogP contribution in [0.1, 0.15) is 56.8 Å². The van der Waals surface area contributed by atoms with Gasteiger partial charge in [0.05, 0.1) is 0 Å². The standard InChI is InChI=1S/C46H46O12/c47-34-12-26(13-35(48)23-34)5-10-32(11-25-1-6-30(39(51)15-25)8-3-28-17-41(53)45(57)42(54)18-28)38(33-21-36(49)24-37(50)22-33)14-27-2-7-31(40(52)16-27)9-4-29-19-43(55)46(58)44(56)20-29/h1-2,6-7,12-13,15-24,32,38,47-58H,3-5,8-11,14H2/t32-,38-/m1/s1. The molecular formula is C46H46O12. The van der Waals surface area contributed by atoms with Gasteiger partial charge in [-0.15, -0.1) is 0 Å². The van der Waals surface area contributed by atoms with Crippen molar-refractivity contribution in [2.45, 2.75) is 57.3 Å². The molecule has 0 unspecified atom stereocenters. The Morgan fingerprint density at radius 1 is 0.328 bits per heavy atom. The molecule has 6 aromatic rings. The molecule has 12 N–H and O–H groups in total. The molecule has 302 valence electrons. The molecule has 0 spiro atoms. The van der Waals surface area contributed by atoms with Crippen LogP contribution in [-0.4, -0.2) is 61.3 Å². The number of rotatable bonds is 15. The highest BCUT2D eigenvalue weighted by Gasteiger charge is 2.26. The molecule has 12 nitrogen and oxygen atoms in total. The zero-order valence-corrected chi connectivity index (χ0v) is 31.4. The van der Waals surface area contributed by atoms with Crippen LogP contribution >= 0.6 is 0 Å². The zero-order valence-electron chi connectivity index (χ0n) is 31.4. The summed E-state index contributed by atoms with van der Waals surface area (Å²) in [6.07, 6.45) is 3.11. The highest BCUT2D eigenvalue weighted by Crippen LogP contribution is 2.41. The minimum Gasteiger partial charge on any atom is -0.508 e. The van der Waals surface area contributed by atoms with E-state index in [2.05, 4.69) is 0 Å². The number of phenolic OH excluding ortho intramolecular Hbond substituents is 12. The van der Waals surface area contributed by atoms with Crippen LogP contribution in [-0.2, 0) is 44.9 Å². The lowest BCUT2D eigenvalue weighted by Crippen LogP contribution is -2.19. The van der Waals surface area contributed by atoms with Crippen molar-refractivity contribution in [1.29, 1.82) is 0 Å². The summed E-state index contributed by atoms with van der Waals surface area (Å²) in [4.78, 5) is 0. The first-order chi connectivity index (χ1) is 27.6. The number of hydrogen-bond acceptors (Lipinski definition) is 12. The molecule has 2 atom stereocenters. The van der Waals surface area contributed by atoms with Gasteiger partial charge in [0.25, 0.3) is 0 Å². The summed E-state index contributed by atoms with van der Waals surface area (Å²) in [6.45, 7) is 0. The van der Waals surface area contributed by atoms with Crippen LogP contribution in [0.3, 0.4) is 0 Å². The van der Waals surface area contributed by atoms with Crippen molar-refractivity contribution >= 4 is 0 Å². The topological polar surface area (TPSA) is 243 Å². The molecule has 0 heterocycles. The van der Waals surface area contributed by atoms with Gasteiger partial charge in [0.1, 0.15) is 34.5 Å². The Morgan fingerprint density at radius 3 is 1.14 bits per heavy atom. The van der Waals surface area contributed by atoms with Gasteiger partial charge in [-0.3, -0.25) is 0 Å². The maximum atomic E-state index is 11.2. The Kier molecular flexibility index (Phi) is 12.2. The van der Waals surface area contributed by atoms with Gasteiger partial charge in [-0.25, -0.2) is 0 Å². The van der Waals surface area contributed by atoms with Crippen molar-refractivity contribution in [3.8, 4) is 69.0 Å². The summed E-state index contributed by atoms with van der Waals surface area (Å²) >= 11 is 0. The second-order valence-corrected chi connectivity index (χ2v) is 14.8. The third-order valence-corrected chi connectivity index (χ3v) is 10.6. The van der Waals surface area contributed by atoms with E-state index in [0.717, 1.165) is 11.1 Å². The average molecular weight is 791 g/mol. The summed E-state index contributed by atoms with van der Waals surface area (Å²) in [7, 11) is 0. The first-order valence-corrected chi connectivity index (χ1v) is 18.8. The molecule has 6 rings (SSSR count). The molecule has 12 heteroatoms. The Morgan fingerprint density at radius 2 is 0.707 bits per heavy atom. The van der Waals surface area contributed by atoms with Gasteiger partial charge >= 0.3 is 0 Å². The summed E-state index contributed by atoms with van der Waals surface area (Å²) in [6, 6.07) is 24.8. The zero-order chi connectivity index (χ0) is 41.7. The summed E-state index contributed by atoms with van der Waals surface area (Å²) < 4.78 is 0. The minimum absolute atomic E-state index is 0.0206. The van der Waals surface area contributed by atoms with Crippen molar-refractivity contribution in [3.63, 3.8) is 0 Å². The predicted molar refractivity (Wildman–Crippen MR) is 215 cm³/mol. The van der Waals surface area contributed by atoms with Crippen LogP contribution in [0.25, 0.3) is 0 Å². The average Bonchev–Trinajstić information content (AvgIpc) is 3.15. The van der Waals surface area contributed by atoms with Crippen LogP contribution in [0.2, 0.25) is 0 Å². The van der Waals surface area contributed by atoms with Gasteiger partial charge in [-0.1, -0.05) is 24.3 Å². The van der Waals surface area contributed by atoms with Crippen LogP contribution in [0.5, 0.6) is 69.0 Å². The fraction of sp³-hybridized carbons (Fsp3) is 0.217. The molecule has 0 aliphatic rings. The maximum absolute atomic E-state index is 11.2. The molecular weight excluding hydrogens is 744 g/mol. The van der Waals surface area contributed by atoms with E-state index in [4.69, 9.17) is 0 Å². The third kappa shape index (κ3) is 10.0. The molecule has 6 aromatic carbocycles. The van der Waals surface area contributed by atoms with Crippen molar-refractivity contribution in [3.05, 3.63) is 142 Å². The summed E-state index contributed by atoms with van der Waals surface area (Å²) in [5, 5.41) is 123. The second kappa shape index (κ2) is 17.4. The molecule has 0 fully saturated rings. The van der Waals surface area contributed by atoms with E-state index in [1.807, 2.05) is 12.1 Å². The fourth-order valence-corrected chi connectivity index (χ4v) is 7.61. The van der Waals surface area contributed by atoms with Crippen LogP contribution < -0.4 is 0 Å². The number of benzene rings is 6. The molecule has 0 radical (unpaired) electrons. The number of hydrogen-bond donors (Lipinski definition) is 12. The minimum atomic E-state index is -0.607. The van der Waals surface area contributed by atoms with E-state index < -0.39 is 34.5 Å². The SMILES string of the molecule is Oc1cc(O)cc(CC[C@H](Cc2ccc(CCc3cc(O)c(O)c(O)c3)c(O)c2)[C@@H](Cc2ccc(CCc3cc(O)c(O)c(O)c3)c(O)c2)c2cc(O)cc(O)c2)c1. The molecule has 0 aliphatic heterocycles. The Bertz CT molecular complexity index is 2340. The fourth-order valence-electron chi connectivity index (χ4n) is 7.61. The predicted octanol–water partition coefficient (Wildman–Crippen LogP) is 7.54. The van der Waals surface area contributed by atoms with E-state index in [1.165, 1.54) is 36.4 Å². The van der Waals surface area contributed by atoms with E-state index in [1.54, 1.807) is 48.5 Å². The van der Waals surface area contributed by atoms with Gasteiger partial charge in [0.2, 0.25) is 0 Å². The molecule has 0 amide bonds. The monoisotopic (exact) mass is 790 g/mol. The summed E-state index contributed by atoms with van der Waals surface area (Å²) in [5.41, 5.74) is 5.18. The van der Waals surface area contributed by atoms with Gasteiger partial charge in [-0.05, 0) is 168 Å². The molecule has 0 aromatic heterocycles. The molecule has 0 saturated heterocycles. The van der Waals surface area contributed by atoms with Gasteiger partial charge < -0.3 is 61.3 Å². The van der Waals surface area contributed by atoms with Crippen molar-refractivity contribution < 1.29 is 61.3 Å². The van der Waals surface area contributed by atoms with Crippen molar-refractivity contribution in [1.82, 2.24) is 0 Å². The lowest BCUT2D eigenvalue weighted by atomic mass is 9.75. The summed E-state index contributed by atoms with van der Waals surface area (Å²) in [5.74, 6) is -4.03. The van der Waals surface area contributed by atoms with E-state index >= 15 is 0 Å². The number of aromatic hydroxyl groups is 12. The Labute approximate surface area is 334 Å². The molecule has 58 heavy (non-hydrogen) atoms. The third-order valence-electron chi connectivity index (χ3n) is 10.6. The van der Waals surface area contributed by atoms with Crippen LogP contribution in [0.4, 0.5) is 0 Å². The van der Waals surface area contributed by atoms with E-state index in [0.29, 0.717) is 84.7 Å². The second-order valence-electron chi connectivity index (χ2n) is 14.8. The Hall–Kier alpha value is -7.08. The highest BCUT2D eigenvalue weighted by molar-refractivity contribution is 5.52. The van der Waals surface area contributed by atoms with E-state index in [9.17, 15) is 61.3 Å². The van der Waals surface area contributed by atoms with Gasteiger partial charge in [0, 0.05) is 12.1 Å². The van der Waals surface area contributed by atoms with Gasteiger partial charge in [-0.2, -0.15) is 0 Å². The first-order valence-electron chi connectivity index (χ1n) is 18.8. The lowest BCUT2D eigenvalue weighted by Gasteiger charge is -2.29. The normalized spacial score (nSPS) is 12.3. The molecule has 0 aliphatic carbocycles. The maximum Gasteiger partial charge on any atom is 0.200 e. The van der Waals surface area contributed by atoms with E-state index in [-0.39, 0.29) is 46.3 Å². The quantitative estimate of drug-likeness (QED) is 0.0452. The van der Waals surface area contributed by atoms with Crippen LogP contribution in [0.15, 0.2) is 97.1 Å². The first kappa shape index (κ1) is 40.6. The van der Waals surface area contributed by atoms with Gasteiger partial charge in [0.15, 0.2) is 34.5 Å². The number of phenols is 12. The Balaban J connectivity index is 1.29. The highest BCUT2D eigenvalue weighted by atomic mass is 16.3. The van der Waals surface area contributed by atoms with Crippen molar-refractivity contribution in [2.24, 2.45) is 5.92 Å².